The molecule has 0 spiro atoms. The van der Waals surface area contributed by atoms with Crippen LogP contribution < -0.4 is 5.32 Å². The summed E-state index contributed by atoms with van der Waals surface area (Å²) >= 11 is 0. The van der Waals surface area contributed by atoms with Crippen LogP contribution in [0.25, 0.3) is 11.5 Å². The van der Waals surface area contributed by atoms with E-state index in [0.717, 1.165) is 23.8 Å². The zero-order valence-electron chi connectivity index (χ0n) is 11.5. The predicted octanol–water partition coefficient (Wildman–Crippen LogP) is 2.08. The van der Waals surface area contributed by atoms with Gasteiger partial charge in [0, 0.05) is 31.2 Å². The third kappa shape index (κ3) is 1.91. The van der Waals surface area contributed by atoms with Crippen molar-refractivity contribution in [2.45, 2.75) is 32.4 Å². The molecule has 102 valence electrons. The third-order valence-electron chi connectivity index (χ3n) is 3.80. The predicted molar refractivity (Wildman–Crippen MR) is 76.9 cm³/mol. The van der Waals surface area contributed by atoms with E-state index < -0.39 is 0 Å². The lowest BCUT2D eigenvalue weighted by Crippen LogP contribution is -2.18. The topological polar surface area (TPSA) is 47.2 Å². The zero-order chi connectivity index (χ0) is 13.5. The number of imidazole rings is 2. The normalized spacial score (nSPS) is 15.1. The molecule has 1 aliphatic rings. The van der Waals surface area contributed by atoms with Gasteiger partial charge in [-0.1, -0.05) is 6.07 Å². The lowest BCUT2D eigenvalue weighted by Gasteiger charge is -2.07. The molecule has 1 fully saturated rings. The maximum atomic E-state index is 4.76. The van der Waals surface area contributed by atoms with E-state index >= 15 is 0 Å². The van der Waals surface area contributed by atoms with Crippen LogP contribution in [-0.4, -0.2) is 25.0 Å². The van der Waals surface area contributed by atoms with Gasteiger partial charge in [0.1, 0.15) is 11.5 Å². The molecule has 0 aliphatic heterocycles. The Kier molecular flexibility index (Phi) is 2.60. The summed E-state index contributed by atoms with van der Waals surface area (Å²) in [6, 6.07) is 6.78. The fourth-order valence-corrected chi connectivity index (χ4v) is 2.52. The summed E-state index contributed by atoms with van der Waals surface area (Å²) in [7, 11) is 0. The van der Waals surface area contributed by atoms with Crippen LogP contribution in [0.15, 0.2) is 36.8 Å². The first-order valence-corrected chi connectivity index (χ1v) is 7.02. The number of nitrogens with zero attached hydrogens (tertiary/aromatic N) is 4. The fourth-order valence-electron chi connectivity index (χ4n) is 2.52. The van der Waals surface area contributed by atoms with E-state index in [-0.39, 0.29) is 0 Å². The molecule has 1 saturated carbocycles. The molecule has 1 N–H and O–H groups in total. The van der Waals surface area contributed by atoms with Gasteiger partial charge in [0.05, 0.1) is 5.69 Å². The molecule has 0 aromatic carbocycles. The molecule has 3 aromatic heterocycles. The number of nitrogens with one attached hydrogen (secondary N) is 1. The van der Waals surface area contributed by atoms with Gasteiger partial charge in [-0.25, -0.2) is 9.97 Å². The molecule has 20 heavy (non-hydrogen) atoms. The number of fused-ring (bicyclic) bond motifs is 1. The van der Waals surface area contributed by atoms with Gasteiger partial charge >= 0.3 is 0 Å². The van der Waals surface area contributed by atoms with Crippen molar-refractivity contribution in [1.29, 1.82) is 0 Å². The lowest BCUT2D eigenvalue weighted by atomic mass is 10.4. The summed E-state index contributed by atoms with van der Waals surface area (Å²) in [6.45, 7) is 2.84. The second kappa shape index (κ2) is 4.45. The van der Waals surface area contributed by atoms with E-state index in [9.17, 15) is 0 Å². The molecule has 0 amide bonds. The van der Waals surface area contributed by atoms with E-state index in [4.69, 9.17) is 4.98 Å². The minimum atomic E-state index is 0.681. The van der Waals surface area contributed by atoms with Gasteiger partial charge in [-0.3, -0.25) is 4.57 Å². The van der Waals surface area contributed by atoms with Gasteiger partial charge in [0.15, 0.2) is 5.82 Å². The lowest BCUT2D eigenvalue weighted by molar-refractivity contribution is 0.666. The van der Waals surface area contributed by atoms with Crippen LogP contribution in [-0.2, 0) is 6.54 Å². The number of pyridine rings is 1. The molecule has 0 bridgehead atoms. The first kappa shape index (κ1) is 11.7. The van der Waals surface area contributed by atoms with Crippen molar-refractivity contribution in [3.8, 4) is 5.82 Å². The van der Waals surface area contributed by atoms with Gasteiger partial charge in [0.2, 0.25) is 0 Å². The average Bonchev–Trinajstić information content (AvgIpc) is 3.08. The fraction of sp³-hybridized carbons (Fsp3) is 0.333. The van der Waals surface area contributed by atoms with E-state index in [1.807, 2.05) is 37.5 Å². The Bertz CT molecular complexity index is 751. The smallest absolute Gasteiger partial charge is 0.161 e. The van der Waals surface area contributed by atoms with E-state index in [1.54, 1.807) is 0 Å². The van der Waals surface area contributed by atoms with Crippen LogP contribution in [0, 0.1) is 6.92 Å². The largest absolute Gasteiger partial charge is 0.308 e. The molecule has 5 heteroatoms. The second-order valence-corrected chi connectivity index (χ2v) is 5.31. The van der Waals surface area contributed by atoms with Crippen LogP contribution in [0.1, 0.15) is 24.4 Å². The van der Waals surface area contributed by atoms with Crippen LogP contribution in [0.5, 0.6) is 0 Å². The van der Waals surface area contributed by atoms with Gasteiger partial charge < -0.3 is 9.72 Å². The van der Waals surface area contributed by atoms with E-state index in [1.165, 1.54) is 18.5 Å². The first-order chi connectivity index (χ1) is 9.83. The number of aromatic nitrogens is 4. The van der Waals surface area contributed by atoms with Crippen molar-refractivity contribution in [2.75, 3.05) is 0 Å². The highest BCUT2D eigenvalue weighted by Crippen LogP contribution is 2.22. The van der Waals surface area contributed by atoms with E-state index in [0.29, 0.717) is 6.04 Å². The Morgan fingerprint density at radius 3 is 2.95 bits per heavy atom. The van der Waals surface area contributed by atoms with E-state index in [2.05, 4.69) is 25.5 Å². The minimum Gasteiger partial charge on any atom is -0.308 e. The summed E-state index contributed by atoms with van der Waals surface area (Å²) in [5.74, 6) is 1.93. The van der Waals surface area contributed by atoms with Crippen molar-refractivity contribution in [3.63, 3.8) is 0 Å². The Labute approximate surface area is 117 Å². The minimum absolute atomic E-state index is 0.681. The number of hydrogen-bond acceptors (Lipinski definition) is 3. The van der Waals surface area contributed by atoms with Crippen molar-refractivity contribution in [2.24, 2.45) is 0 Å². The molecule has 0 radical (unpaired) electrons. The van der Waals surface area contributed by atoms with Gasteiger partial charge in [-0.2, -0.15) is 0 Å². The average molecular weight is 267 g/mol. The Morgan fingerprint density at radius 2 is 2.20 bits per heavy atom. The summed E-state index contributed by atoms with van der Waals surface area (Å²) in [5, 5.41) is 3.58. The summed E-state index contributed by atoms with van der Waals surface area (Å²) < 4.78 is 4.21. The Balaban J connectivity index is 1.85. The number of hydrogen-bond donors (Lipinski definition) is 1. The van der Waals surface area contributed by atoms with Crippen LogP contribution >= 0.6 is 0 Å². The molecule has 3 aromatic rings. The standard InChI is InChI=1S/C15H17N5/c1-11-16-7-9-19(11)15-13(10-17-12-5-6-12)20-8-3-2-4-14(20)18-15/h2-4,7-9,12,17H,5-6,10H2,1H3. The number of aryl methyl sites for hydroxylation is 1. The second-order valence-electron chi connectivity index (χ2n) is 5.31. The first-order valence-electron chi connectivity index (χ1n) is 7.02. The monoisotopic (exact) mass is 267 g/mol. The Hall–Kier alpha value is -2.14. The van der Waals surface area contributed by atoms with Crippen LogP contribution in [0.2, 0.25) is 0 Å². The molecule has 1 aliphatic carbocycles. The van der Waals surface area contributed by atoms with Crippen molar-refractivity contribution < 1.29 is 0 Å². The molecule has 0 atom stereocenters. The van der Waals surface area contributed by atoms with Crippen molar-refractivity contribution >= 4 is 5.65 Å². The molecular formula is C15H17N5. The highest BCUT2D eigenvalue weighted by molar-refractivity contribution is 5.49. The van der Waals surface area contributed by atoms with Gasteiger partial charge in [0.25, 0.3) is 0 Å². The zero-order valence-corrected chi connectivity index (χ0v) is 11.5. The summed E-state index contributed by atoms with van der Waals surface area (Å²) in [6.07, 6.45) is 8.43. The molecule has 3 heterocycles. The third-order valence-corrected chi connectivity index (χ3v) is 3.80. The molecule has 5 nitrogen and oxygen atoms in total. The van der Waals surface area contributed by atoms with Crippen molar-refractivity contribution in [1.82, 2.24) is 24.3 Å². The van der Waals surface area contributed by atoms with Gasteiger partial charge in [-0.15, -0.1) is 0 Å². The molecule has 0 saturated heterocycles. The SMILES string of the molecule is Cc1nccn1-c1nc2ccccn2c1CNC1CC1. The number of rotatable bonds is 4. The highest BCUT2D eigenvalue weighted by atomic mass is 15.2. The highest BCUT2D eigenvalue weighted by Gasteiger charge is 2.22. The maximum absolute atomic E-state index is 4.76. The summed E-state index contributed by atoms with van der Waals surface area (Å²) in [4.78, 5) is 9.07. The van der Waals surface area contributed by atoms with Crippen molar-refractivity contribution in [3.05, 3.63) is 48.3 Å². The Morgan fingerprint density at radius 1 is 1.30 bits per heavy atom. The molecule has 0 unspecified atom stereocenters. The van der Waals surface area contributed by atoms with Gasteiger partial charge in [-0.05, 0) is 31.9 Å². The quantitative estimate of drug-likeness (QED) is 0.787. The molecular weight excluding hydrogens is 250 g/mol. The van der Waals surface area contributed by atoms with Crippen LogP contribution in [0.4, 0.5) is 0 Å². The molecule has 4 rings (SSSR count). The maximum Gasteiger partial charge on any atom is 0.161 e. The van der Waals surface area contributed by atoms with Crippen LogP contribution in [0.3, 0.4) is 0 Å². The summed E-state index contributed by atoms with van der Waals surface area (Å²) in [5.41, 5.74) is 2.16.